The molecule has 0 aliphatic heterocycles. The van der Waals surface area contributed by atoms with E-state index in [9.17, 15) is 5.11 Å². The topological polar surface area (TPSA) is 106 Å². The molecule has 1 unspecified atom stereocenters. The van der Waals surface area contributed by atoms with Gasteiger partial charge in [-0.2, -0.15) is 0 Å². The molecule has 1 atom stereocenters. The van der Waals surface area contributed by atoms with Crippen LogP contribution in [-0.4, -0.2) is 39.8 Å². The maximum atomic E-state index is 9.73. The molecule has 0 spiro atoms. The van der Waals surface area contributed by atoms with E-state index in [-0.39, 0.29) is 12.6 Å². The van der Waals surface area contributed by atoms with Crippen molar-refractivity contribution in [2.75, 3.05) is 24.8 Å². The summed E-state index contributed by atoms with van der Waals surface area (Å²) in [6.07, 6.45) is 0.833. The number of aliphatic hydroxyl groups is 1. The van der Waals surface area contributed by atoms with Crippen molar-refractivity contribution in [3.63, 3.8) is 0 Å². The Labute approximate surface area is 172 Å². The van der Waals surface area contributed by atoms with Crippen LogP contribution in [0.25, 0.3) is 10.3 Å². The second-order valence-electron chi connectivity index (χ2n) is 6.81. The molecule has 3 rings (SSSR count). The average Bonchev–Trinajstić information content (AvgIpc) is 3.06. The lowest BCUT2D eigenvalue weighted by Gasteiger charge is -2.19. The molecule has 4 N–H and O–H groups in total. The van der Waals surface area contributed by atoms with Gasteiger partial charge in [-0.15, -0.1) is 0 Å². The number of para-hydroxylation sites is 1. The summed E-state index contributed by atoms with van der Waals surface area (Å²) in [4.78, 5) is 13.6. The molecule has 0 amide bonds. The summed E-state index contributed by atoms with van der Waals surface area (Å²) in [5.74, 6) is 2.63. The van der Waals surface area contributed by atoms with Crippen molar-refractivity contribution in [3.8, 4) is 5.75 Å². The summed E-state index contributed by atoms with van der Waals surface area (Å²) >= 11 is 2.86. The van der Waals surface area contributed by atoms with Gasteiger partial charge in [0.2, 0.25) is 0 Å². The fraction of sp³-hybridized carbons (Fsp3) is 0.421. The molecule has 0 fully saturated rings. The minimum absolute atomic E-state index is 0.0294. The number of aliphatic hydroxyl groups excluding tert-OH is 1. The zero-order valence-electron chi connectivity index (χ0n) is 16.2. The van der Waals surface area contributed by atoms with Crippen LogP contribution in [0.2, 0.25) is 0 Å². The van der Waals surface area contributed by atoms with Crippen LogP contribution in [0.5, 0.6) is 5.75 Å². The second kappa shape index (κ2) is 9.40. The van der Waals surface area contributed by atoms with Crippen LogP contribution in [0.3, 0.4) is 0 Å². The average molecular weight is 420 g/mol. The molecule has 9 heteroatoms. The van der Waals surface area contributed by atoms with Crippen molar-refractivity contribution in [1.82, 2.24) is 15.0 Å². The number of nitrogens with zero attached hydrogens (tertiary/aromatic N) is 3. The van der Waals surface area contributed by atoms with Crippen LogP contribution in [0.4, 0.5) is 10.9 Å². The number of ether oxygens (including phenoxy) is 1. The quantitative estimate of drug-likeness (QED) is 0.355. The molecule has 0 saturated heterocycles. The van der Waals surface area contributed by atoms with Crippen molar-refractivity contribution >= 4 is 44.4 Å². The summed E-state index contributed by atoms with van der Waals surface area (Å²) in [5, 5.41) is 14.1. The molecular formula is C19H25N5O2S2. The Bertz CT molecular complexity index is 932. The molecule has 0 radical (unpaired) electrons. The van der Waals surface area contributed by atoms with Crippen molar-refractivity contribution in [2.45, 2.75) is 37.2 Å². The van der Waals surface area contributed by atoms with Crippen molar-refractivity contribution < 1.29 is 9.84 Å². The number of fused-ring (bicyclic) bond motifs is 1. The Kier molecular flexibility index (Phi) is 6.93. The number of thiazole rings is 1. The third kappa shape index (κ3) is 5.03. The highest BCUT2D eigenvalue weighted by molar-refractivity contribution is 7.98. The third-order valence-electron chi connectivity index (χ3n) is 4.12. The first-order valence-electron chi connectivity index (χ1n) is 9.06. The lowest BCUT2D eigenvalue weighted by atomic mass is 10.0. The van der Waals surface area contributed by atoms with E-state index in [1.54, 1.807) is 7.11 Å². The SMILES string of the molecule is COc1ccccc1CSc1nc(NC(CO)CC(C)C)c2sc(N)nc2n1. The van der Waals surface area contributed by atoms with Crippen molar-refractivity contribution in [3.05, 3.63) is 29.8 Å². The Hall–Kier alpha value is -2.10. The van der Waals surface area contributed by atoms with Gasteiger partial charge in [0.05, 0.1) is 19.8 Å². The number of thioether (sulfide) groups is 1. The Morgan fingerprint density at radius 3 is 2.75 bits per heavy atom. The smallest absolute Gasteiger partial charge is 0.191 e. The highest BCUT2D eigenvalue weighted by atomic mass is 32.2. The van der Waals surface area contributed by atoms with Crippen LogP contribution < -0.4 is 15.8 Å². The van der Waals surface area contributed by atoms with Crippen molar-refractivity contribution in [1.29, 1.82) is 0 Å². The molecule has 1 aromatic carbocycles. The summed E-state index contributed by atoms with van der Waals surface area (Å²) < 4.78 is 6.22. The predicted octanol–water partition coefficient (Wildman–Crippen LogP) is 3.79. The second-order valence-corrected chi connectivity index (χ2v) is 8.79. The zero-order chi connectivity index (χ0) is 20.1. The Morgan fingerprint density at radius 2 is 2.04 bits per heavy atom. The van der Waals surface area contributed by atoms with Crippen LogP contribution in [0, 0.1) is 5.92 Å². The van der Waals surface area contributed by atoms with E-state index >= 15 is 0 Å². The minimum atomic E-state index is -0.0894. The monoisotopic (exact) mass is 419 g/mol. The largest absolute Gasteiger partial charge is 0.496 e. The number of hydrogen-bond donors (Lipinski definition) is 3. The number of nitrogens with one attached hydrogen (secondary N) is 1. The number of nitrogen functional groups attached to an aromatic ring is 1. The summed E-state index contributed by atoms with van der Waals surface area (Å²) in [6.45, 7) is 4.28. The van der Waals surface area contributed by atoms with Crippen LogP contribution in [-0.2, 0) is 5.75 Å². The zero-order valence-corrected chi connectivity index (χ0v) is 17.8. The van der Waals surface area contributed by atoms with E-state index in [1.807, 2.05) is 24.3 Å². The van der Waals surface area contributed by atoms with Gasteiger partial charge >= 0.3 is 0 Å². The van der Waals surface area contributed by atoms with E-state index < -0.39 is 0 Å². The fourth-order valence-corrected chi connectivity index (χ4v) is 4.44. The number of hydrogen-bond acceptors (Lipinski definition) is 9. The molecule has 2 aromatic heterocycles. The van der Waals surface area contributed by atoms with Crippen LogP contribution in [0.15, 0.2) is 29.4 Å². The molecule has 7 nitrogen and oxygen atoms in total. The molecule has 3 aromatic rings. The van der Waals surface area contributed by atoms with Gasteiger partial charge in [0.1, 0.15) is 10.4 Å². The van der Waals surface area contributed by atoms with Gasteiger partial charge in [-0.25, -0.2) is 15.0 Å². The first kappa shape index (κ1) is 20.6. The van der Waals surface area contributed by atoms with Gasteiger partial charge < -0.3 is 20.9 Å². The van der Waals surface area contributed by atoms with E-state index in [0.29, 0.717) is 33.4 Å². The number of anilines is 2. The summed E-state index contributed by atoms with van der Waals surface area (Å²) in [7, 11) is 1.66. The number of aromatic nitrogens is 3. The van der Waals surface area contributed by atoms with Crippen LogP contribution in [0.1, 0.15) is 25.8 Å². The van der Waals surface area contributed by atoms with E-state index in [4.69, 9.17) is 10.5 Å². The molecule has 150 valence electrons. The number of benzene rings is 1. The van der Waals surface area contributed by atoms with Gasteiger partial charge in [0.15, 0.2) is 21.8 Å². The molecule has 0 bridgehead atoms. The van der Waals surface area contributed by atoms with Gasteiger partial charge in [-0.05, 0) is 18.4 Å². The standard InChI is InChI=1S/C19H25N5O2S2/c1-11(2)8-13(9-25)21-16-15-17(22-18(20)28-15)24-19(23-16)27-10-12-6-4-5-7-14(12)26-3/h4-7,11,13,25H,8-10H2,1-3H3,(H3,20,21,22,23,24). The molecule has 28 heavy (non-hydrogen) atoms. The predicted molar refractivity (Wildman–Crippen MR) is 116 cm³/mol. The van der Waals surface area contributed by atoms with Crippen molar-refractivity contribution in [2.24, 2.45) is 5.92 Å². The maximum Gasteiger partial charge on any atom is 0.191 e. The van der Waals surface area contributed by atoms with E-state index in [2.05, 4.69) is 34.1 Å². The fourth-order valence-electron chi connectivity index (χ4n) is 2.89. The summed E-state index contributed by atoms with van der Waals surface area (Å²) in [5.41, 5.74) is 7.54. The lowest BCUT2D eigenvalue weighted by Crippen LogP contribution is -2.26. The van der Waals surface area contributed by atoms with Gasteiger partial charge in [0, 0.05) is 11.3 Å². The van der Waals surface area contributed by atoms with Gasteiger partial charge in [-0.1, -0.05) is 55.1 Å². The van der Waals surface area contributed by atoms with E-state index in [1.165, 1.54) is 23.1 Å². The first-order valence-corrected chi connectivity index (χ1v) is 10.9. The number of methoxy groups -OCH3 is 1. The number of rotatable bonds is 9. The highest BCUT2D eigenvalue weighted by Gasteiger charge is 2.17. The van der Waals surface area contributed by atoms with Gasteiger partial charge in [0.25, 0.3) is 0 Å². The van der Waals surface area contributed by atoms with Crippen LogP contribution >= 0.6 is 23.1 Å². The molecule has 0 aliphatic rings. The third-order valence-corrected chi connectivity index (χ3v) is 5.89. The molecular weight excluding hydrogens is 394 g/mol. The lowest BCUT2D eigenvalue weighted by molar-refractivity contribution is 0.259. The summed E-state index contributed by atoms with van der Waals surface area (Å²) in [6, 6.07) is 7.79. The molecule has 0 aliphatic carbocycles. The van der Waals surface area contributed by atoms with E-state index in [0.717, 1.165) is 22.4 Å². The Morgan fingerprint density at radius 1 is 1.25 bits per heavy atom. The van der Waals surface area contributed by atoms with Gasteiger partial charge in [-0.3, -0.25) is 0 Å². The highest BCUT2D eigenvalue weighted by Crippen LogP contribution is 2.33. The molecule has 0 saturated carbocycles. The number of nitrogens with two attached hydrogens (primary N) is 1. The maximum absolute atomic E-state index is 9.73. The minimum Gasteiger partial charge on any atom is -0.496 e. The molecule has 2 heterocycles. The Balaban J connectivity index is 1.86. The first-order chi connectivity index (χ1) is 13.5. The normalized spacial score (nSPS) is 12.5.